The van der Waals surface area contributed by atoms with Crippen LogP contribution in [-0.4, -0.2) is 38.0 Å². The zero-order valence-corrected chi connectivity index (χ0v) is 14.0. The van der Waals surface area contributed by atoms with Gasteiger partial charge in [0.1, 0.15) is 0 Å². The summed E-state index contributed by atoms with van der Waals surface area (Å²) in [5.41, 5.74) is 1.20. The molecule has 8 heteroatoms. The Morgan fingerprint density at radius 2 is 2.04 bits per heavy atom. The van der Waals surface area contributed by atoms with Crippen molar-refractivity contribution in [1.29, 1.82) is 0 Å². The average Bonchev–Trinajstić information content (AvgIpc) is 3.21. The summed E-state index contributed by atoms with van der Waals surface area (Å²) in [4.78, 5) is 31.0. The number of carbonyl (C=O) groups is 1. The SMILES string of the molecule is Cn1c(=O)n([C@@H]2CCN(C(=O)c3ccc(F)c(F)c3)C2)c2ncccc21. The molecular formula is C18H16F2N4O2. The van der Waals surface area contributed by atoms with Crippen LogP contribution in [0.4, 0.5) is 8.78 Å². The summed E-state index contributed by atoms with van der Waals surface area (Å²) in [6.07, 6.45) is 2.21. The number of likely N-dealkylation sites (tertiary alicyclic amines) is 1. The van der Waals surface area contributed by atoms with Crippen LogP contribution >= 0.6 is 0 Å². The highest BCUT2D eigenvalue weighted by molar-refractivity contribution is 5.94. The Morgan fingerprint density at radius 1 is 1.23 bits per heavy atom. The lowest BCUT2D eigenvalue weighted by molar-refractivity contribution is 0.0787. The second-order valence-corrected chi connectivity index (χ2v) is 6.38. The first-order valence-corrected chi connectivity index (χ1v) is 8.23. The monoisotopic (exact) mass is 358 g/mol. The van der Waals surface area contributed by atoms with Crippen molar-refractivity contribution in [2.75, 3.05) is 13.1 Å². The van der Waals surface area contributed by atoms with Crippen molar-refractivity contribution in [3.05, 3.63) is 64.2 Å². The van der Waals surface area contributed by atoms with E-state index in [2.05, 4.69) is 4.98 Å². The highest BCUT2D eigenvalue weighted by Crippen LogP contribution is 2.25. The smallest absolute Gasteiger partial charge is 0.330 e. The fraction of sp³-hybridized carbons (Fsp3) is 0.278. The Kier molecular flexibility index (Phi) is 3.82. The number of imidazole rings is 1. The fourth-order valence-corrected chi connectivity index (χ4v) is 3.47. The number of pyridine rings is 1. The number of hydrogen-bond acceptors (Lipinski definition) is 3. The standard InChI is InChI=1S/C18H16F2N4O2/c1-22-15-3-2-7-21-16(15)24(18(22)26)12-6-8-23(10-12)17(25)11-4-5-13(19)14(20)9-11/h2-5,7,9,12H,6,8,10H2,1H3/t12-/m1/s1. The van der Waals surface area contributed by atoms with E-state index < -0.39 is 11.6 Å². The Labute approximate surface area is 147 Å². The Morgan fingerprint density at radius 3 is 2.81 bits per heavy atom. The Bertz CT molecular complexity index is 1070. The van der Waals surface area contributed by atoms with Gasteiger partial charge in [0.25, 0.3) is 5.91 Å². The maximum atomic E-state index is 13.4. The number of aryl methyl sites for hydroxylation is 1. The largest absolute Gasteiger partial charge is 0.336 e. The number of fused-ring (bicyclic) bond motifs is 1. The summed E-state index contributed by atoms with van der Waals surface area (Å²) in [5, 5.41) is 0. The van der Waals surface area contributed by atoms with E-state index in [1.54, 1.807) is 28.8 Å². The van der Waals surface area contributed by atoms with Gasteiger partial charge in [-0.2, -0.15) is 0 Å². The van der Waals surface area contributed by atoms with E-state index in [0.29, 0.717) is 25.2 Å². The van der Waals surface area contributed by atoms with E-state index in [1.165, 1.54) is 10.6 Å². The molecule has 3 aromatic rings. The van der Waals surface area contributed by atoms with Gasteiger partial charge in [-0.25, -0.2) is 18.6 Å². The zero-order chi connectivity index (χ0) is 18.4. The number of benzene rings is 1. The number of aromatic nitrogens is 3. The van der Waals surface area contributed by atoms with Crippen molar-refractivity contribution >= 4 is 17.1 Å². The molecule has 0 unspecified atom stereocenters. The van der Waals surface area contributed by atoms with Crippen molar-refractivity contribution in [3.63, 3.8) is 0 Å². The molecule has 0 saturated carbocycles. The van der Waals surface area contributed by atoms with E-state index in [4.69, 9.17) is 0 Å². The van der Waals surface area contributed by atoms with Crippen LogP contribution in [0.1, 0.15) is 22.8 Å². The van der Waals surface area contributed by atoms with Crippen molar-refractivity contribution in [1.82, 2.24) is 19.0 Å². The predicted octanol–water partition coefficient (Wildman–Crippen LogP) is 2.10. The van der Waals surface area contributed by atoms with E-state index >= 15 is 0 Å². The molecule has 3 heterocycles. The van der Waals surface area contributed by atoms with Crippen LogP contribution < -0.4 is 5.69 Å². The second-order valence-electron chi connectivity index (χ2n) is 6.38. The minimum Gasteiger partial charge on any atom is -0.336 e. The van der Waals surface area contributed by atoms with Gasteiger partial charge in [0.2, 0.25) is 0 Å². The number of halogens is 2. The average molecular weight is 358 g/mol. The molecule has 2 aromatic heterocycles. The molecule has 1 aromatic carbocycles. The number of hydrogen-bond donors (Lipinski definition) is 0. The molecule has 134 valence electrons. The second kappa shape index (κ2) is 6.05. The molecule has 4 rings (SSSR count). The summed E-state index contributed by atoms with van der Waals surface area (Å²) < 4.78 is 29.6. The first-order valence-electron chi connectivity index (χ1n) is 8.23. The van der Waals surface area contributed by atoms with Crippen LogP contribution in [0, 0.1) is 11.6 Å². The van der Waals surface area contributed by atoms with Crippen molar-refractivity contribution in [2.24, 2.45) is 7.05 Å². The maximum Gasteiger partial charge on any atom is 0.330 e. The fourth-order valence-electron chi connectivity index (χ4n) is 3.47. The lowest BCUT2D eigenvalue weighted by Gasteiger charge is -2.17. The Hall–Kier alpha value is -3.03. The van der Waals surface area contributed by atoms with Gasteiger partial charge < -0.3 is 4.90 Å². The van der Waals surface area contributed by atoms with Crippen molar-refractivity contribution < 1.29 is 13.6 Å². The molecular weight excluding hydrogens is 342 g/mol. The third-order valence-electron chi connectivity index (χ3n) is 4.83. The Balaban J connectivity index is 1.63. The molecule has 1 fully saturated rings. The van der Waals surface area contributed by atoms with Gasteiger partial charge in [0, 0.05) is 31.9 Å². The number of carbonyl (C=O) groups excluding carboxylic acids is 1. The zero-order valence-electron chi connectivity index (χ0n) is 14.0. The first kappa shape index (κ1) is 16.4. The molecule has 0 spiro atoms. The molecule has 1 atom stereocenters. The summed E-state index contributed by atoms with van der Waals surface area (Å²) in [5.74, 6) is -2.43. The number of amides is 1. The van der Waals surface area contributed by atoms with E-state index in [0.717, 1.165) is 17.6 Å². The third-order valence-corrected chi connectivity index (χ3v) is 4.83. The maximum absolute atomic E-state index is 13.4. The van der Waals surface area contributed by atoms with Crippen LogP contribution in [0.3, 0.4) is 0 Å². The third kappa shape index (κ3) is 2.49. The predicted molar refractivity (Wildman–Crippen MR) is 90.9 cm³/mol. The van der Waals surface area contributed by atoms with Crippen LogP contribution in [0.15, 0.2) is 41.3 Å². The molecule has 1 amide bonds. The van der Waals surface area contributed by atoms with Crippen LogP contribution in [-0.2, 0) is 7.05 Å². The van der Waals surface area contributed by atoms with Gasteiger partial charge in [0.05, 0.1) is 11.6 Å². The molecule has 0 radical (unpaired) electrons. The topological polar surface area (TPSA) is 60.1 Å². The van der Waals surface area contributed by atoms with E-state index in [9.17, 15) is 18.4 Å². The summed E-state index contributed by atoms with van der Waals surface area (Å²) in [6.45, 7) is 0.742. The number of rotatable bonds is 2. The molecule has 0 N–H and O–H groups in total. The van der Waals surface area contributed by atoms with Crippen LogP contribution in [0.5, 0.6) is 0 Å². The van der Waals surface area contributed by atoms with Crippen molar-refractivity contribution in [2.45, 2.75) is 12.5 Å². The molecule has 26 heavy (non-hydrogen) atoms. The normalized spacial score (nSPS) is 17.2. The van der Waals surface area contributed by atoms with Gasteiger partial charge in [-0.3, -0.25) is 13.9 Å². The molecule has 0 aliphatic carbocycles. The lowest BCUT2D eigenvalue weighted by atomic mass is 10.2. The number of nitrogens with zero attached hydrogens (tertiary/aromatic N) is 4. The van der Waals surface area contributed by atoms with Gasteiger partial charge in [-0.15, -0.1) is 0 Å². The van der Waals surface area contributed by atoms with Crippen LogP contribution in [0.25, 0.3) is 11.2 Å². The lowest BCUT2D eigenvalue weighted by Crippen LogP contribution is -2.31. The first-order chi connectivity index (χ1) is 12.5. The minimum atomic E-state index is -1.05. The van der Waals surface area contributed by atoms with Gasteiger partial charge >= 0.3 is 5.69 Å². The quantitative estimate of drug-likeness (QED) is 0.705. The van der Waals surface area contributed by atoms with E-state index in [-0.39, 0.29) is 23.2 Å². The molecule has 0 bridgehead atoms. The molecule has 6 nitrogen and oxygen atoms in total. The van der Waals surface area contributed by atoms with Gasteiger partial charge in [0.15, 0.2) is 17.3 Å². The molecule has 1 aliphatic rings. The molecule has 1 saturated heterocycles. The highest BCUT2D eigenvalue weighted by Gasteiger charge is 2.31. The summed E-state index contributed by atoms with van der Waals surface area (Å²) in [6, 6.07) is 6.47. The molecule has 1 aliphatic heterocycles. The van der Waals surface area contributed by atoms with Crippen molar-refractivity contribution in [3.8, 4) is 0 Å². The highest BCUT2D eigenvalue weighted by atomic mass is 19.2. The van der Waals surface area contributed by atoms with E-state index in [1.807, 2.05) is 6.07 Å². The van der Waals surface area contributed by atoms with Gasteiger partial charge in [-0.1, -0.05) is 0 Å². The summed E-state index contributed by atoms with van der Waals surface area (Å²) in [7, 11) is 1.68. The summed E-state index contributed by atoms with van der Waals surface area (Å²) >= 11 is 0. The van der Waals surface area contributed by atoms with Crippen LogP contribution in [0.2, 0.25) is 0 Å². The minimum absolute atomic E-state index is 0.0907. The van der Waals surface area contributed by atoms with Gasteiger partial charge in [-0.05, 0) is 36.8 Å².